The van der Waals surface area contributed by atoms with Crippen molar-refractivity contribution in [2.75, 3.05) is 10.6 Å². The summed E-state index contributed by atoms with van der Waals surface area (Å²) in [6.07, 6.45) is 0. The van der Waals surface area contributed by atoms with Gasteiger partial charge in [-0.2, -0.15) is 5.26 Å². The summed E-state index contributed by atoms with van der Waals surface area (Å²) < 4.78 is 0. The fourth-order valence-corrected chi connectivity index (χ4v) is 2.28. The highest BCUT2D eigenvalue weighted by atomic mass is 32.1. The number of Topliss-reactive ketones (excluding diaryl/α,β-unsaturated/α-hetero) is 1. The first-order valence-corrected chi connectivity index (χ1v) is 6.64. The number of nitriles is 1. The van der Waals surface area contributed by atoms with Gasteiger partial charge < -0.3 is 5.32 Å². The number of carbonyl (C=O) groups is 2. The third kappa shape index (κ3) is 3.22. The number of rotatable bonds is 3. The number of thiophene rings is 1. The van der Waals surface area contributed by atoms with E-state index >= 15 is 0 Å². The average molecular weight is 285 g/mol. The Morgan fingerprint density at radius 2 is 1.85 bits per heavy atom. The van der Waals surface area contributed by atoms with Crippen molar-refractivity contribution in [2.24, 2.45) is 0 Å². The van der Waals surface area contributed by atoms with Crippen LogP contribution in [0.1, 0.15) is 22.8 Å². The minimum atomic E-state index is -0.431. The summed E-state index contributed by atoms with van der Waals surface area (Å²) >= 11 is 1.28. The number of carbonyl (C=O) groups excluding carboxylic acids is 2. The number of hydrogen-bond donors (Lipinski definition) is 2. The third-order valence-electron chi connectivity index (χ3n) is 2.56. The van der Waals surface area contributed by atoms with E-state index in [4.69, 9.17) is 5.26 Å². The van der Waals surface area contributed by atoms with Crippen LogP contribution in [0.15, 0.2) is 35.7 Å². The minimum Gasteiger partial charge on any atom is -0.308 e. The van der Waals surface area contributed by atoms with E-state index in [0.29, 0.717) is 21.8 Å². The molecule has 0 saturated carbocycles. The second kappa shape index (κ2) is 5.99. The van der Waals surface area contributed by atoms with E-state index in [9.17, 15) is 9.59 Å². The number of nitrogens with one attached hydrogen (secondary N) is 2. The Bertz CT molecular complexity index is 683. The fraction of sp³-hybridized carbons (Fsp3) is 0.0714. The normalized spacial score (nSPS) is 9.60. The molecule has 1 aromatic heterocycles. The Labute approximate surface area is 119 Å². The molecule has 0 radical (unpaired) electrons. The Morgan fingerprint density at radius 3 is 2.45 bits per heavy atom. The number of amides is 2. The molecular weight excluding hydrogens is 274 g/mol. The maximum absolute atomic E-state index is 11.8. The summed E-state index contributed by atoms with van der Waals surface area (Å²) in [6.45, 7) is 1.48. The lowest BCUT2D eigenvalue weighted by Crippen LogP contribution is -2.19. The van der Waals surface area contributed by atoms with Crippen LogP contribution in [0.25, 0.3) is 0 Å². The van der Waals surface area contributed by atoms with Gasteiger partial charge in [0.1, 0.15) is 11.1 Å². The monoisotopic (exact) mass is 285 g/mol. The number of ketones is 1. The molecule has 2 rings (SSSR count). The molecule has 0 spiro atoms. The van der Waals surface area contributed by atoms with E-state index in [1.807, 2.05) is 6.07 Å². The predicted molar refractivity (Wildman–Crippen MR) is 78.1 cm³/mol. The van der Waals surface area contributed by atoms with Gasteiger partial charge in [-0.3, -0.25) is 10.1 Å². The van der Waals surface area contributed by atoms with Crippen molar-refractivity contribution in [2.45, 2.75) is 6.92 Å². The van der Waals surface area contributed by atoms with Gasteiger partial charge in [-0.15, -0.1) is 11.3 Å². The van der Waals surface area contributed by atoms with Gasteiger partial charge in [0.2, 0.25) is 0 Å². The Balaban J connectivity index is 2.01. The SMILES string of the molecule is CC(=O)c1ccc(NC(=O)Nc2sccc2C#N)cc1. The van der Waals surface area contributed by atoms with E-state index in [2.05, 4.69) is 10.6 Å². The molecule has 5 nitrogen and oxygen atoms in total. The van der Waals surface area contributed by atoms with E-state index in [1.165, 1.54) is 18.3 Å². The van der Waals surface area contributed by atoms with E-state index in [1.54, 1.807) is 35.7 Å². The first-order valence-electron chi connectivity index (χ1n) is 5.77. The Kier molecular flexibility index (Phi) is 4.13. The quantitative estimate of drug-likeness (QED) is 0.847. The van der Waals surface area contributed by atoms with Gasteiger partial charge in [-0.1, -0.05) is 0 Å². The van der Waals surface area contributed by atoms with E-state index in [0.717, 1.165) is 0 Å². The molecular formula is C14H11N3O2S. The van der Waals surface area contributed by atoms with E-state index < -0.39 is 6.03 Å². The smallest absolute Gasteiger partial charge is 0.308 e. The lowest BCUT2D eigenvalue weighted by atomic mass is 10.1. The van der Waals surface area contributed by atoms with Crippen molar-refractivity contribution in [1.82, 2.24) is 0 Å². The summed E-state index contributed by atoms with van der Waals surface area (Å²) in [5.41, 5.74) is 1.58. The number of nitrogens with zero attached hydrogens (tertiary/aromatic N) is 1. The highest BCUT2D eigenvalue weighted by Gasteiger charge is 2.08. The number of urea groups is 1. The third-order valence-corrected chi connectivity index (χ3v) is 3.39. The van der Waals surface area contributed by atoms with Crippen LogP contribution in [-0.2, 0) is 0 Å². The molecule has 0 aliphatic carbocycles. The average Bonchev–Trinajstić information content (AvgIpc) is 2.86. The molecule has 0 atom stereocenters. The van der Waals surface area contributed by atoms with E-state index in [-0.39, 0.29) is 5.78 Å². The lowest BCUT2D eigenvalue weighted by Gasteiger charge is -2.06. The molecule has 0 aliphatic rings. The molecule has 1 aromatic carbocycles. The van der Waals surface area contributed by atoms with Gasteiger partial charge in [-0.05, 0) is 42.6 Å². The summed E-state index contributed by atoms with van der Waals surface area (Å²) in [4.78, 5) is 22.9. The summed E-state index contributed by atoms with van der Waals surface area (Å²) in [7, 11) is 0. The van der Waals surface area contributed by atoms with Crippen LogP contribution in [0, 0.1) is 11.3 Å². The van der Waals surface area contributed by atoms with Crippen molar-refractivity contribution in [1.29, 1.82) is 5.26 Å². The van der Waals surface area contributed by atoms with Crippen LogP contribution >= 0.6 is 11.3 Å². The maximum Gasteiger partial charge on any atom is 0.324 e. The molecule has 1 heterocycles. The maximum atomic E-state index is 11.8. The zero-order chi connectivity index (χ0) is 14.5. The molecule has 0 unspecified atom stereocenters. The number of benzene rings is 1. The Morgan fingerprint density at radius 1 is 1.15 bits per heavy atom. The molecule has 0 fully saturated rings. The standard InChI is InChI=1S/C14H11N3O2S/c1-9(18)10-2-4-12(5-3-10)16-14(19)17-13-11(8-15)6-7-20-13/h2-7H,1H3,(H2,16,17,19). The summed E-state index contributed by atoms with van der Waals surface area (Å²) in [6, 6.07) is 9.79. The molecule has 2 amide bonds. The van der Waals surface area contributed by atoms with Gasteiger partial charge in [0.25, 0.3) is 0 Å². The lowest BCUT2D eigenvalue weighted by molar-refractivity contribution is 0.101. The van der Waals surface area contributed by atoms with Gasteiger partial charge in [0.15, 0.2) is 5.78 Å². The van der Waals surface area contributed by atoms with Gasteiger partial charge in [-0.25, -0.2) is 4.79 Å². The Hall–Kier alpha value is -2.65. The highest BCUT2D eigenvalue weighted by molar-refractivity contribution is 7.14. The number of anilines is 2. The molecule has 6 heteroatoms. The van der Waals surface area contributed by atoms with Crippen molar-refractivity contribution in [3.63, 3.8) is 0 Å². The summed E-state index contributed by atoms with van der Waals surface area (Å²) in [5, 5.41) is 16.3. The minimum absolute atomic E-state index is 0.0294. The topological polar surface area (TPSA) is 82.0 Å². The van der Waals surface area contributed by atoms with Crippen LogP contribution < -0.4 is 10.6 Å². The zero-order valence-corrected chi connectivity index (χ0v) is 11.5. The fourth-order valence-electron chi connectivity index (χ4n) is 1.55. The molecule has 0 saturated heterocycles. The van der Waals surface area contributed by atoms with Crippen molar-refractivity contribution < 1.29 is 9.59 Å². The first kappa shape index (κ1) is 13.8. The molecule has 2 aromatic rings. The number of hydrogen-bond acceptors (Lipinski definition) is 4. The summed E-state index contributed by atoms with van der Waals surface area (Å²) in [5.74, 6) is -0.0294. The van der Waals surface area contributed by atoms with Crippen molar-refractivity contribution in [3.05, 3.63) is 46.8 Å². The second-order valence-corrected chi connectivity index (χ2v) is 4.90. The highest BCUT2D eigenvalue weighted by Crippen LogP contribution is 2.22. The van der Waals surface area contributed by atoms with Gasteiger partial charge >= 0.3 is 6.03 Å². The second-order valence-electron chi connectivity index (χ2n) is 3.99. The van der Waals surface area contributed by atoms with Crippen LogP contribution in [-0.4, -0.2) is 11.8 Å². The van der Waals surface area contributed by atoms with Gasteiger partial charge in [0.05, 0.1) is 5.56 Å². The molecule has 0 bridgehead atoms. The zero-order valence-electron chi connectivity index (χ0n) is 10.6. The van der Waals surface area contributed by atoms with Crippen LogP contribution in [0.4, 0.5) is 15.5 Å². The van der Waals surface area contributed by atoms with Gasteiger partial charge in [0, 0.05) is 11.3 Å². The van der Waals surface area contributed by atoms with Crippen LogP contribution in [0.5, 0.6) is 0 Å². The van der Waals surface area contributed by atoms with Crippen LogP contribution in [0.2, 0.25) is 0 Å². The largest absolute Gasteiger partial charge is 0.324 e. The predicted octanol–water partition coefficient (Wildman–Crippen LogP) is 3.47. The van der Waals surface area contributed by atoms with Crippen LogP contribution in [0.3, 0.4) is 0 Å². The van der Waals surface area contributed by atoms with Crippen molar-refractivity contribution >= 4 is 33.8 Å². The molecule has 2 N–H and O–H groups in total. The first-order chi connectivity index (χ1) is 9.60. The molecule has 100 valence electrons. The van der Waals surface area contributed by atoms with Crippen molar-refractivity contribution in [3.8, 4) is 6.07 Å². The molecule has 20 heavy (non-hydrogen) atoms. The molecule has 0 aliphatic heterocycles.